The normalized spacial score (nSPS) is 26.6. The molecule has 3 aliphatic rings. The summed E-state index contributed by atoms with van der Waals surface area (Å²) in [7, 11) is 0. The summed E-state index contributed by atoms with van der Waals surface area (Å²) in [5, 5.41) is 0. The lowest BCUT2D eigenvalue weighted by molar-refractivity contribution is -0.0815. The molecular weight excluding hydrogens is 340 g/mol. The van der Waals surface area contributed by atoms with Crippen LogP contribution >= 0.6 is 0 Å². The second-order valence-corrected chi connectivity index (χ2v) is 8.42. The average Bonchev–Trinajstić information content (AvgIpc) is 2.78. The van der Waals surface area contributed by atoms with Crippen LogP contribution in [-0.4, -0.2) is 22.9 Å². The van der Waals surface area contributed by atoms with Gasteiger partial charge in [0.25, 0.3) is 0 Å². The van der Waals surface area contributed by atoms with Crippen molar-refractivity contribution in [3.63, 3.8) is 0 Å². The Morgan fingerprint density at radius 2 is 1.07 bits per heavy atom. The van der Waals surface area contributed by atoms with Crippen LogP contribution in [0.3, 0.4) is 0 Å². The summed E-state index contributed by atoms with van der Waals surface area (Å²) in [6.07, 6.45) is 3.87. The summed E-state index contributed by atoms with van der Waals surface area (Å²) in [5.74, 6) is 0. The molecule has 1 saturated heterocycles. The Kier molecular flexibility index (Phi) is 3.88. The third kappa shape index (κ3) is 2.48. The van der Waals surface area contributed by atoms with E-state index < -0.39 is 0 Å². The number of fused-ring (bicyclic) bond motifs is 6. The summed E-state index contributed by atoms with van der Waals surface area (Å²) in [5.41, 5.74) is 7.65. The van der Waals surface area contributed by atoms with Gasteiger partial charge in [0.05, 0.1) is 6.17 Å². The zero-order chi connectivity index (χ0) is 18.5. The first-order valence-electron chi connectivity index (χ1n) is 10.6. The summed E-state index contributed by atoms with van der Waals surface area (Å²) >= 11 is 0. The molecule has 2 nitrogen and oxygen atoms in total. The van der Waals surface area contributed by atoms with Crippen molar-refractivity contribution in [2.45, 2.75) is 37.5 Å². The van der Waals surface area contributed by atoms with E-state index in [1.165, 1.54) is 12.0 Å². The zero-order valence-corrected chi connectivity index (χ0v) is 16.2. The molecule has 3 aromatic rings. The Balaban J connectivity index is 1.51. The smallest absolute Gasteiger partial charge is 0.0896 e. The summed E-state index contributed by atoms with van der Waals surface area (Å²) < 4.78 is 0. The summed E-state index contributed by atoms with van der Waals surface area (Å²) in [6, 6.07) is 30.5. The Labute approximate surface area is 167 Å². The molecule has 0 unspecified atom stereocenters. The summed E-state index contributed by atoms with van der Waals surface area (Å²) in [4.78, 5) is 5.56. The first-order valence-corrected chi connectivity index (χ1v) is 10.6. The van der Waals surface area contributed by atoms with Gasteiger partial charge in [0, 0.05) is 25.2 Å². The van der Waals surface area contributed by atoms with Gasteiger partial charge in [-0.15, -0.1) is 0 Å². The third-order valence-corrected chi connectivity index (χ3v) is 7.08. The van der Waals surface area contributed by atoms with Crippen molar-refractivity contribution in [3.8, 4) is 0 Å². The van der Waals surface area contributed by atoms with E-state index >= 15 is 0 Å². The van der Waals surface area contributed by atoms with E-state index in [0.29, 0.717) is 18.2 Å². The first-order chi connectivity index (χ1) is 13.9. The molecule has 0 N–H and O–H groups in total. The molecule has 0 aliphatic carbocycles. The molecule has 0 radical (unpaired) electrons. The van der Waals surface area contributed by atoms with Crippen molar-refractivity contribution in [2.75, 3.05) is 13.1 Å². The Hall–Kier alpha value is -2.42. The molecule has 2 heteroatoms. The van der Waals surface area contributed by atoms with Crippen LogP contribution in [0.1, 0.15) is 52.5 Å². The Morgan fingerprint density at radius 1 is 0.571 bits per heavy atom. The lowest BCUT2D eigenvalue weighted by Gasteiger charge is -2.56. The van der Waals surface area contributed by atoms with E-state index in [0.717, 1.165) is 25.9 Å². The fraction of sp³-hybridized carbons (Fsp3) is 0.308. The quantitative estimate of drug-likeness (QED) is 0.577. The van der Waals surface area contributed by atoms with Crippen molar-refractivity contribution in [3.05, 3.63) is 107 Å². The van der Waals surface area contributed by atoms with E-state index in [4.69, 9.17) is 0 Å². The molecule has 3 aliphatic heterocycles. The van der Waals surface area contributed by atoms with E-state index in [1.54, 1.807) is 22.3 Å². The molecule has 2 atom stereocenters. The maximum absolute atomic E-state index is 2.78. The fourth-order valence-corrected chi connectivity index (χ4v) is 5.86. The van der Waals surface area contributed by atoms with E-state index in [2.05, 4.69) is 88.7 Å². The van der Waals surface area contributed by atoms with Gasteiger partial charge >= 0.3 is 0 Å². The molecule has 0 aromatic heterocycles. The van der Waals surface area contributed by atoms with Crippen LogP contribution in [0.4, 0.5) is 0 Å². The fourth-order valence-electron chi connectivity index (χ4n) is 5.86. The molecule has 140 valence electrons. The van der Waals surface area contributed by atoms with Crippen LogP contribution in [0, 0.1) is 0 Å². The molecule has 28 heavy (non-hydrogen) atoms. The van der Waals surface area contributed by atoms with E-state index in [9.17, 15) is 0 Å². The maximum atomic E-state index is 2.78. The lowest BCUT2D eigenvalue weighted by Crippen LogP contribution is -2.54. The standard InChI is InChI=1S/C26H26N2/c1-2-10-21(11-3-1)26-27-16-14-19-8-4-6-12-22(19)24(27)18-25-23-13-7-5-9-20(23)15-17-28(25)26/h1-13,24-26H,14-18H2/t24-,25-/m1/s1. The van der Waals surface area contributed by atoms with E-state index in [1.807, 2.05) is 0 Å². The van der Waals surface area contributed by atoms with Gasteiger partial charge in [-0.3, -0.25) is 9.80 Å². The third-order valence-electron chi connectivity index (χ3n) is 7.08. The van der Waals surface area contributed by atoms with Gasteiger partial charge in [-0.25, -0.2) is 0 Å². The van der Waals surface area contributed by atoms with Gasteiger partial charge in [0.15, 0.2) is 0 Å². The molecule has 3 aromatic carbocycles. The topological polar surface area (TPSA) is 6.48 Å². The summed E-state index contributed by atoms with van der Waals surface area (Å²) in [6.45, 7) is 2.29. The molecule has 1 fully saturated rings. The van der Waals surface area contributed by atoms with Gasteiger partial charge < -0.3 is 0 Å². The van der Waals surface area contributed by atoms with Gasteiger partial charge in [0.1, 0.15) is 0 Å². The van der Waals surface area contributed by atoms with Crippen molar-refractivity contribution in [2.24, 2.45) is 0 Å². The van der Waals surface area contributed by atoms with Gasteiger partial charge in [-0.05, 0) is 47.1 Å². The van der Waals surface area contributed by atoms with Crippen LogP contribution in [0.5, 0.6) is 0 Å². The van der Waals surface area contributed by atoms with Gasteiger partial charge in [-0.2, -0.15) is 0 Å². The number of nitrogens with zero attached hydrogens (tertiary/aromatic N) is 2. The largest absolute Gasteiger partial charge is 0.277 e. The molecular formula is C26H26N2. The highest BCUT2D eigenvalue weighted by molar-refractivity contribution is 5.38. The van der Waals surface area contributed by atoms with Crippen LogP contribution < -0.4 is 0 Å². The van der Waals surface area contributed by atoms with Crippen LogP contribution in [0.15, 0.2) is 78.9 Å². The second-order valence-electron chi connectivity index (χ2n) is 8.42. The number of benzene rings is 3. The average molecular weight is 367 g/mol. The molecule has 0 spiro atoms. The van der Waals surface area contributed by atoms with Crippen molar-refractivity contribution < 1.29 is 0 Å². The van der Waals surface area contributed by atoms with E-state index in [-0.39, 0.29) is 0 Å². The maximum Gasteiger partial charge on any atom is 0.0896 e. The molecule has 6 rings (SSSR count). The molecule has 0 saturated carbocycles. The lowest BCUT2D eigenvalue weighted by atomic mass is 9.79. The van der Waals surface area contributed by atoms with Crippen LogP contribution in [0.2, 0.25) is 0 Å². The highest BCUT2D eigenvalue weighted by Crippen LogP contribution is 2.51. The van der Waals surface area contributed by atoms with Gasteiger partial charge in [-0.1, -0.05) is 78.9 Å². The molecule has 3 heterocycles. The SMILES string of the molecule is c1ccc(C2N3CCc4ccccc4[C@H]3C[C@@H]3c4ccccc4CCN23)cc1. The highest BCUT2D eigenvalue weighted by Gasteiger charge is 2.46. The zero-order valence-electron chi connectivity index (χ0n) is 16.2. The number of hydrogen-bond acceptors (Lipinski definition) is 2. The minimum absolute atomic E-state index is 0.367. The second kappa shape index (κ2) is 6.58. The highest BCUT2D eigenvalue weighted by atomic mass is 15.4. The molecule has 0 bridgehead atoms. The Bertz CT molecular complexity index is 935. The van der Waals surface area contributed by atoms with Gasteiger partial charge in [0.2, 0.25) is 0 Å². The minimum atomic E-state index is 0.367. The monoisotopic (exact) mass is 366 g/mol. The molecule has 0 amide bonds. The van der Waals surface area contributed by atoms with Crippen LogP contribution in [-0.2, 0) is 12.8 Å². The predicted molar refractivity (Wildman–Crippen MR) is 113 cm³/mol. The minimum Gasteiger partial charge on any atom is -0.277 e. The van der Waals surface area contributed by atoms with Crippen molar-refractivity contribution in [1.29, 1.82) is 0 Å². The predicted octanol–water partition coefficient (Wildman–Crippen LogP) is 5.29. The van der Waals surface area contributed by atoms with Crippen LogP contribution in [0.25, 0.3) is 0 Å². The first kappa shape index (κ1) is 16.5. The number of rotatable bonds is 1. The van der Waals surface area contributed by atoms with Crippen molar-refractivity contribution >= 4 is 0 Å². The Morgan fingerprint density at radius 3 is 1.64 bits per heavy atom. The van der Waals surface area contributed by atoms with Crippen molar-refractivity contribution in [1.82, 2.24) is 9.80 Å². The number of hydrogen-bond donors (Lipinski definition) is 0.